The second-order valence-electron chi connectivity index (χ2n) is 8.84. The van der Waals surface area contributed by atoms with Gasteiger partial charge in [-0.15, -0.1) is 6.58 Å². The minimum Gasteiger partial charge on any atom is -0.368 e. The largest absolute Gasteiger partial charge is 0.368 e. The lowest BCUT2D eigenvalue weighted by Gasteiger charge is -2.19. The van der Waals surface area contributed by atoms with Gasteiger partial charge in [0.25, 0.3) is 0 Å². The van der Waals surface area contributed by atoms with E-state index in [1.54, 1.807) is 30.4 Å². The lowest BCUT2D eigenvalue weighted by molar-refractivity contribution is 0.408. The fourth-order valence-electron chi connectivity index (χ4n) is 4.42. The predicted molar refractivity (Wildman–Crippen MR) is 131 cm³/mol. The van der Waals surface area contributed by atoms with Gasteiger partial charge in [0.05, 0.1) is 6.61 Å². The molecule has 2 aliphatic rings. The van der Waals surface area contributed by atoms with Crippen LogP contribution in [0.2, 0.25) is 0 Å². The summed E-state index contributed by atoms with van der Waals surface area (Å²) in [5.74, 6) is -1.51. The van der Waals surface area contributed by atoms with E-state index in [1.165, 1.54) is 6.07 Å². The van der Waals surface area contributed by atoms with Gasteiger partial charge in [-0.3, -0.25) is 0 Å². The maximum absolute atomic E-state index is 14.8. The summed E-state index contributed by atoms with van der Waals surface area (Å²) < 4.78 is 49.0. The maximum Gasteiger partial charge on any atom is 0.166 e. The molecule has 0 spiro atoms. The van der Waals surface area contributed by atoms with Gasteiger partial charge in [0.2, 0.25) is 0 Å². The molecule has 0 N–H and O–H groups in total. The average Bonchev–Trinajstić information content (AvgIpc) is 3.71. The Balaban J connectivity index is 1.31. The molecule has 0 radical (unpaired) electrons. The Kier molecular flexibility index (Phi) is 6.25. The van der Waals surface area contributed by atoms with Crippen molar-refractivity contribution in [3.63, 3.8) is 0 Å². The van der Waals surface area contributed by atoms with Crippen molar-refractivity contribution in [3.8, 4) is 11.1 Å². The minimum atomic E-state index is -0.840. The number of benzene rings is 3. The first kappa shape index (κ1) is 22.4. The molecular weight excluding hydrogens is 433 g/mol. The Morgan fingerprint density at radius 3 is 2.29 bits per heavy atom. The zero-order valence-corrected chi connectivity index (χ0v) is 18.7. The molecule has 1 nitrogen and oxygen atoms in total. The first-order chi connectivity index (χ1) is 16.5. The van der Waals surface area contributed by atoms with Crippen LogP contribution in [0.1, 0.15) is 47.6 Å². The van der Waals surface area contributed by atoms with E-state index in [4.69, 9.17) is 4.74 Å². The molecule has 1 fully saturated rings. The Morgan fingerprint density at radius 2 is 1.65 bits per heavy atom. The van der Waals surface area contributed by atoms with Crippen LogP contribution in [0, 0.1) is 23.4 Å². The number of halogens is 3. The van der Waals surface area contributed by atoms with E-state index in [2.05, 4.69) is 6.58 Å². The molecule has 172 valence electrons. The predicted octanol–water partition coefficient (Wildman–Crippen LogP) is 8.38. The summed E-state index contributed by atoms with van der Waals surface area (Å²) in [6, 6.07) is 15.9. The van der Waals surface area contributed by atoms with E-state index in [0.29, 0.717) is 23.7 Å². The molecule has 0 amide bonds. The first-order valence-electron chi connectivity index (χ1n) is 11.5. The summed E-state index contributed by atoms with van der Waals surface area (Å²) >= 11 is 0. The normalized spacial score (nSPS) is 19.8. The van der Waals surface area contributed by atoms with Crippen LogP contribution in [0.15, 0.2) is 73.3 Å². The molecule has 1 aliphatic carbocycles. The van der Waals surface area contributed by atoms with Crippen LogP contribution < -0.4 is 0 Å². The van der Waals surface area contributed by atoms with Crippen molar-refractivity contribution in [1.29, 1.82) is 0 Å². The summed E-state index contributed by atoms with van der Waals surface area (Å²) in [5, 5.41) is 0. The molecule has 3 aromatic rings. The van der Waals surface area contributed by atoms with Crippen LogP contribution in [0.4, 0.5) is 13.2 Å². The van der Waals surface area contributed by atoms with E-state index in [9.17, 15) is 13.2 Å². The van der Waals surface area contributed by atoms with Gasteiger partial charge in [0.15, 0.2) is 11.6 Å². The molecule has 0 aromatic heterocycles. The summed E-state index contributed by atoms with van der Waals surface area (Å²) in [6.07, 6.45) is 9.53. The zero-order valence-electron chi connectivity index (χ0n) is 18.7. The number of epoxide rings is 1. The van der Waals surface area contributed by atoms with Crippen LogP contribution in [-0.4, -0.2) is 6.61 Å². The van der Waals surface area contributed by atoms with Gasteiger partial charge in [-0.05, 0) is 53.5 Å². The summed E-state index contributed by atoms with van der Waals surface area (Å²) in [7, 11) is 0. The molecule has 1 saturated heterocycles. The highest BCUT2D eigenvalue weighted by molar-refractivity contribution is 5.74. The highest BCUT2D eigenvalue weighted by Gasteiger charge is 2.27. The third-order valence-electron chi connectivity index (χ3n) is 6.62. The van der Waals surface area contributed by atoms with Crippen LogP contribution in [0.5, 0.6) is 0 Å². The van der Waals surface area contributed by atoms with Crippen LogP contribution in [0.3, 0.4) is 0 Å². The van der Waals surface area contributed by atoms with Crippen LogP contribution in [-0.2, 0) is 4.74 Å². The SMILES string of the molecule is C=CC1CC=C(c2ccc(/C=C/c3ccc(-c4ccc(C5CO5)c(F)c4)cc3)c(F)c2F)CC1. The molecular formula is C30H25F3O. The molecule has 1 heterocycles. The number of rotatable bonds is 6. The fraction of sp³-hybridized carbons (Fsp3) is 0.200. The average molecular weight is 459 g/mol. The van der Waals surface area contributed by atoms with Crippen molar-refractivity contribution in [3.05, 3.63) is 113 Å². The van der Waals surface area contributed by atoms with Crippen molar-refractivity contribution in [1.82, 2.24) is 0 Å². The highest BCUT2D eigenvalue weighted by atomic mass is 19.2. The smallest absolute Gasteiger partial charge is 0.166 e. The van der Waals surface area contributed by atoms with Gasteiger partial charge in [-0.25, -0.2) is 13.2 Å². The fourth-order valence-corrected chi connectivity index (χ4v) is 4.42. The molecule has 1 aliphatic heterocycles. The van der Waals surface area contributed by atoms with E-state index >= 15 is 0 Å². The second kappa shape index (κ2) is 9.47. The van der Waals surface area contributed by atoms with Crippen molar-refractivity contribution in [2.45, 2.75) is 25.4 Å². The third-order valence-corrected chi connectivity index (χ3v) is 6.62. The van der Waals surface area contributed by atoms with Gasteiger partial charge in [0.1, 0.15) is 11.9 Å². The van der Waals surface area contributed by atoms with Crippen molar-refractivity contribution in [2.75, 3.05) is 6.61 Å². The first-order valence-corrected chi connectivity index (χ1v) is 11.5. The van der Waals surface area contributed by atoms with Gasteiger partial charge >= 0.3 is 0 Å². The number of allylic oxidation sites excluding steroid dienone is 3. The molecule has 0 saturated carbocycles. The van der Waals surface area contributed by atoms with Gasteiger partial charge in [0, 0.05) is 16.7 Å². The Bertz CT molecular complexity index is 1280. The third kappa shape index (κ3) is 4.64. The lowest BCUT2D eigenvalue weighted by Crippen LogP contribution is -2.04. The van der Waals surface area contributed by atoms with Crippen LogP contribution >= 0.6 is 0 Å². The molecule has 4 heteroatoms. The van der Waals surface area contributed by atoms with E-state index in [0.717, 1.165) is 41.5 Å². The Hall–Kier alpha value is -3.37. The van der Waals surface area contributed by atoms with E-state index in [-0.39, 0.29) is 17.5 Å². The number of hydrogen-bond donors (Lipinski definition) is 0. The van der Waals surface area contributed by atoms with Crippen molar-refractivity contribution < 1.29 is 17.9 Å². The standard InChI is InChI=1S/C30H25F3O/c1-2-19-3-10-22(11-4-19)25-15-13-23(29(32)30(25)33)12-7-20-5-8-21(9-6-20)24-14-16-26(27(31)17-24)28-18-34-28/h2,5-10,12-17,19,28H,1,3-4,11,18H2/b12-7+. The lowest BCUT2D eigenvalue weighted by atomic mass is 9.86. The Labute approximate surface area is 197 Å². The van der Waals surface area contributed by atoms with Gasteiger partial charge < -0.3 is 4.74 Å². The maximum atomic E-state index is 14.8. The van der Waals surface area contributed by atoms with Crippen molar-refractivity contribution in [2.24, 2.45) is 5.92 Å². The topological polar surface area (TPSA) is 12.5 Å². The number of hydrogen-bond acceptors (Lipinski definition) is 1. The second-order valence-corrected chi connectivity index (χ2v) is 8.84. The van der Waals surface area contributed by atoms with Crippen LogP contribution in [0.25, 0.3) is 28.9 Å². The quantitative estimate of drug-likeness (QED) is 0.205. The van der Waals surface area contributed by atoms with Gasteiger partial charge in [-0.1, -0.05) is 72.8 Å². The van der Waals surface area contributed by atoms with Gasteiger partial charge in [-0.2, -0.15) is 0 Å². The van der Waals surface area contributed by atoms with E-state index < -0.39 is 11.6 Å². The molecule has 2 unspecified atom stereocenters. The summed E-state index contributed by atoms with van der Waals surface area (Å²) in [4.78, 5) is 0. The minimum absolute atomic E-state index is 0.120. The van der Waals surface area contributed by atoms with Crippen molar-refractivity contribution >= 4 is 17.7 Å². The summed E-state index contributed by atoms with van der Waals surface area (Å²) in [6.45, 7) is 4.38. The van der Waals surface area contributed by atoms with E-state index in [1.807, 2.05) is 42.5 Å². The Morgan fingerprint density at radius 1 is 0.882 bits per heavy atom. The molecule has 0 bridgehead atoms. The molecule has 34 heavy (non-hydrogen) atoms. The zero-order chi connectivity index (χ0) is 23.7. The monoisotopic (exact) mass is 458 g/mol. The molecule has 2 atom stereocenters. The highest BCUT2D eigenvalue weighted by Crippen LogP contribution is 2.35. The number of ether oxygens (including phenoxy) is 1. The summed E-state index contributed by atoms with van der Waals surface area (Å²) in [5.41, 5.74) is 4.47. The molecule has 5 rings (SSSR count). The molecule has 3 aromatic carbocycles.